The van der Waals surface area contributed by atoms with E-state index >= 15 is 0 Å². The Morgan fingerprint density at radius 1 is 1.00 bits per heavy atom. The molecule has 0 bridgehead atoms. The van der Waals surface area contributed by atoms with E-state index in [-0.39, 0.29) is 17.4 Å². The van der Waals surface area contributed by atoms with Crippen molar-refractivity contribution in [1.29, 1.82) is 0 Å². The summed E-state index contributed by atoms with van der Waals surface area (Å²) in [5.41, 5.74) is 1.16. The molecule has 128 valence electrons. The molecule has 4 nitrogen and oxygen atoms in total. The van der Waals surface area contributed by atoms with Gasteiger partial charge in [0.15, 0.2) is 0 Å². The van der Waals surface area contributed by atoms with Crippen LogP contribution in [0.2, 0.25) is 0 Å². The third-order valence-corrected chi connectivity index (χ3v) is 4.13. The van der Waals surface area contributed by atoms with Gasteiger partial charge in [-0.2, -0.15) is 13.2 Å². The molecule has 1 aliphatic heterocycles. The first-order valence-electron chi connectivity index (χ1n) is 7.84. The van der Waals surface area contributed by atoms with Crippen molar-refractivity contribution in [2.24, 2.45) is 0 Å². The number of fused-ring (bicyclic) bond motifs is 2. The van der Waals surface area contributed by atoms with Crippen LogP contribution in [-0.4, -0.2) is 16.6 Å². The number of benzene rings is 2. The van der Waals surface area contributed by atoms with Gasteiger partial charge in [0.05, 0.1) is 18.2 Å². The van der Waals surface area contributed by atoms with Gasteiger partial charge in [-0.15, -0.1) is 0 Å². The van der Waals surface area contributed by atoms with E-state index in [1.807, 2.05) is 24.3 Å². The van der Waals surface area contributed by atoms with Crippen LogP contribution >= 0.6 is 0 Å². The Hall–Kier alpha value is -2.83. The Kier molecular flexibility index (Phi) is 3.71. The fourth-order valence-corrected chi connectivity index (χ4v) is 2.97. The normalized spacial score (nSPS) is 17.0. The number of halogens is 3. The summed E-state index contributed by atoms with van der Waals surface area (Å²) < 4.78 is 45.0. The van der Waals surface area contributed by atoms with Crippen molar-refractivity contribution < 1.29 is 17.9 Å². The summed E-state index contributed by atoms with van der Waals surface area (Å²) in [6, 6.07) is 14.0. The molecular formula is C18H14F3N3O. The number of aromatic nitrogens is 2. The van der Waals surface area contributed by atoms with E-state index in [1.54, 1.807) is 24.3 Å². The first-order chi connectivity index (χ1) is 12.0. The van der Waals surface area contributed by atoms with Gasteiger partial charge in [-0.25, -0.2) is 9.97 Å². The first-order valence-corrected chi connectivity index (χ1v) is 7.84. The van der Waals surface area contributed by atoms with Crippen LogP contribution in [0.4, 0.5) is 19.0 Å². The monoisotopic (exact) mass is 345 g/mol. The van der Waals surface area contributed by atoms with Crippen molar-refractivity contribution >= 4 is 16.7 Å². The molecule has 1 aromatic heterocycles. The molecule has 0 saturated heterocycles. The maximum atomic E-state index is 13.1. The minimum Gasteiger partial charge on any atom is -0.493 e. The Morgan fingerprint density at radius 3 is 2.60 bits per heavy atom. The third kappa shape index (κ3) is 2.97. The lowest BCUT2D eigenvalue weighted by Gasteiger charge is -2.27. The van der Waals surface area contributed by atoms with Gasteiger partial charge in [0, 0.05) is 17.4 Å². The van der Waals surface area contributed by atoms with E-state index in [0.29, 0.717) is 18.4 Å². The maximum Gasteiger partial charge on any atom is 0.451 e. The summed E-state index contributed by atoms with van der Waals surface area (Å²) in [5.74, 6) is -0.227. The highest BCUT2D eigenvalue weighted by atomic mass is 19.4. The summed E-state index contributed by atoms with van der Waals surface area (Å²) in [5, 5.41) is 3.72. The largest absolute Gasteiger partial charge is 0.493 e. The van der Waals surface area contributed by atoms with E-state index in [0.717, 1.165) is 11.3 Å². The zero-order chi connectivity index (χ0) is 17.4. The number of rotatable bonds is 2. The smallest absolute Gasteiger partial charge is 0.451 e. The molecule has 2 aromatic carbocycles. The molecule has 0 aliphatic carbocycles. The van der Waals surface area contributed by atoms with Gasteiger partial charge in [-0.1, -0.05) is 30.3 Å². The molecule has 0 radical (unpaired) electrons. The van der Waals surface area contributed by atoms with E-state index in [4.69, 9.17) is 4.74 Å². The van der Waals surface area contributed by atoms with Gasteiger partial charge >= 0.3 is 6.18 Å². The molecule has 1 aliphatic rings. The van der Waals surface area contributed by atoms with E-state index in [9.17, 15) is 13.2 Å². The predicted octanol–water partition coefficient (Wildman–Crippen LogP) is 4.58. The predicted molar refractivity (Wildman–Crippen MR) is 87.5 cm³/mol. The van der Waals surface area contributed by atoms with Crippen molar-refractivity contribution in [2.45, 2.75) is 18.6 Å². The van der Waals surface area contributed by atoms with Gasteiger partial charge in [-0.3, -0.25) is 0 Å². The van der Waals surface area contributed by atoms with E-state index in [1.165, 1.54) is 0 Å². The average molecular weight is 345 g/mol. The molecule has 0 fully saturated rings. The number of hydrogen-bond donors (Lipinski definition) is 1. The second-order valence-electron chi connectivity index (χ2n) is 5.78. The van der Waals surface area contributed by atoms with Crippen molar-refractivity contribution in [3.05, 3.63) is 59.9 Å². The van der Waals surface area contributed by atoms with Crippen LogP contribution in [0.3, 0.4) is 0 Å². The van der Waals surface area contributed by atoms with Crippen LogP contribution in [0.1, 0.15) is 23.9 Å². The number of nitrogens with one attached hydrogen (secondary N) is 1. The number of ether oxygens (including phenoxy) is 1. The minimum atomic E-state index is -4.60. The van der Waals surface area contributed by atoms with Crippen LogP contribution in [0.5, 0.6) is 5.75 Å². The minimum absolute atomic E-state index is 0.177. The fraction of sp³-hybridized carbons (Fsp3) is 0.222. The molecular weight excluding hydrogens is 331 g/mol. The highest BCUT2D eigenvalue weighted by Gasteiger charge is 2.36. The summed E-state index contributed by atoms with van der Waals surface area (Å²) in [4.78, 5) is 7.39. The van der Waals surface area contributed by atoms with Gasteiger partial charge in [0.2, 0.25) is 5.82 Å². The lowest BCUT2D eigenvalue weighted by atomic mass is 10.0. The van der Waals surface area contributed by atoms with E-state index in [2.05, 4.69) is 15.3 Å². The number of anilines is 1. The van der Waals surface area contributed by atoms with Crippen molar-refractivity contribution in [2.75, 3.05) is 11.9 Å². The van der Waals surface area contributed by atoms with Gasteiger partial charge in [-0.05, 0) is 18.2 Å². The summed E-state index contributed by atoms with van der Waals surface area (Å²) in [6.45, 7) is 0.490. The molecule has 25 heavy (non-hydrogen) atoms. The SMILES string of the molecule is FC(F)(F)c1nc(N[C@@H]2CCOc3ccccc32)c2ccccc2n1. The summed E-state index contributed by atoms with van der Waals surface area (Å²) in [7, 11) is 0. The topological polar surface area (TPSA) is 47.0 Å². The second-order valence-corrected chi connectivity index (χ2v) is 5.78. The van der Waals surface area contributed by atoms with Crippen molar-refractivity contribution in [3.63, 3.8) is 0 Å². The Bertz CT molecular complexity index is 927. The lowest BCUT2D eigenvalue weighted by molar-refractivity contribution is -0.144. The molecule has 0 amide bonds. The Labute approximate surface area is 141 Å². The fourth-order valence-electron chi connectivity index (χ4n) is 2.97. The van der Waals surface area contributed by atoms with Gasteiger partial charge in [0.25, 0.3) is 0 Å². The lowest BCUT2D eigenvalue weighted by Crippen LogP contribution is -2.22. The Morgan fingerprint density at radius 2 is 1.76 bits per heavy atom. The quantitative estimate of drug-likeness (QED) is 0.738. The summed E-state index contributed by atoms with van der Waals surface area (Å²) in [6.07, 6.45) is -3.97. The Balaban J connectivity index is 1.79. The van der Waals surface area contributed by atoms with E-state index < -0.39 is 12.0 Å². The molecule has 0 saturated carbocycles. The number of nitrogens with zero attached hydrogens (tertiary/aromatic N) is 2. The molecule has 3 aromatic rings. The molecule has 0 spiro atoms. The molecule has 7 heteroatoms. The first kappa shape index (κ1) is 15.7. The van der Waals surface area contributed by atoms with Crippen LogP contribution in [0.15, 0.2) is 48.5 Å². The maximum absolute atomic E-state index is 13.1. The molecule has 1 atom stereocenters. The zero-order valence-corrected chi connectivity index (χ0v) is 13.0. The standard InChI is InChI=1S/C18H14F3N3O/c19-18(20,21)17-23-13-7-3-1-6-12(13)16(24-17)22-14-9-10-25-15-8-4-2-5-11(14)15/h1-8,14H,9-10H2,(H,22,23,24)/t14-/m1/s1. The molecule has 1 N–H and O–H groups in total. The highest BCUT2D eigenvalue weighted by molar-refractivity contribution is 5.89. The molecule has 4 rings (SSSR count). The van der Waals surface area contributed by atoms with Gasteiger partial charge < -0.3 is 10.1 Å². The molecule has 0 unspecified atom stereocenters. The second kappa shape index (κ2) is 5.91. The number of hydrogen-bond acceptors (Lipinski definition) is 4. The van der Waals surface area contributed by atoms with Crippen molar-refractivity contribution in [3.8, 4) is 5.75 Å². The third-order valence-electron chi connectivity index (χ3n) is 4.13. The van der Waals surface area contributed by atoms with Crippen LogP contribution < -0.4 is 10.1 Å². The number of para-hydroxylation sites is 2. The highest BCUT2D eigenvalue weighted by Crippen LogP contribution is 2.36. The number of alkyl halides is 3. The molecule has 2 heterocycles. The average Bonchev–Trinajstić information content (AvgIpc) is 2.61. The van der Waals surface area contributed by atoms with Crippen LogP contribution in [0, 0.1) is 0 Å². The van der Waals surface area contributed by atoms with Crippen LogP contribution in [-0.2, 0) is 6.18 Å². The zero-order valence-electron chi connectivity index (χ0n) is 13.0. The summed E-state index contributed by atoms with van der Waals surface area (Å²) >= 11 is 0. The van der Waals surface area contributed by atoms with Crippen LogP contribution in [0.25, 0.3) is 10.9 Å². The van der Waals surface area contributed by atoms with Gasteiger partial charge in [0.1, 0.15) is 11.6 Å². The van der Waals surface area contributed by atoms with Crippen molar-refractivity contribution in [1.82, 2.24) is 9.97 Å².